The lowest BCUT2D eigenvalue weighted by Crippen LogP contribution is -2.44. The van der Waals surface area contributed by atoms with E-state index in [-0.39, 0.29) is 29.5 Å². The summed E-state index contributed by atoms with van der Waals surface area (Å²) < 4.78 is 27.6. The highest BCUT2D eigenvalue weighted by atomic mass is 16.5. The normalized spacial score (nSPS) is 13.8. The van der Waals surface area contributed by atoms with Crippen LogP contribution in [-0.2, 0) is 16.0 Å². The van der Waals surface area contributed by atoms with E-state index in [4.69, 9.17) is 23.7 Å². The fourth-order valence-electron chi connectivity index (χ4n) is 4.74. The number of ketones is 1. The Balaban J connectivity index is 1.25. The molecule has 1 aromatic heterocycles. The summed E-state index contributed by atoms with van der Waals surface area (Å²) in [6.45, 7) is -0.435. The number of rotatable bonds is 11. The summed E-state index contributed by atoms with van der Waals surface area (Å²) in [7, 11) is 4.47. The Labute approximate surface area is 240 Å². The number of amides is 1. The minimum Gasteiger partial charge on any atom is -0.493 e. The van der Waals surface area contributed by atoms with Gasteiger partial charge in [0.1, 0.15) is 17.5 Å². The number of para-hydroxylation sites is 1. The lowest BCUT2D eigenvalue weighted by Gasteiger charge is -2.15. The quantitative estimate of drug-likeness (QED) is 0.227. The zero-order chi connectivity index (χ0) is 29.8. The van der Waals surface area contributed by atoms with E-state index in [1.807, 2.05) is 24.3 Å². The van der Waals surface area contributed by atoms with E-state index >= 15 is 0 Å². The molecule has 1 aliphatic heterocycles. The zero-order valence-corrected chi connectivity index (χ0v) is 23.1. The minimum absolute atomic E-state index is 0.0620. The van der Waals surface area contributed by atoms with E-state index in [0.717, 1.165) is 16.5 Å². The van der Waals surface area contributed by atoms with Gasteiger partial charge in [0.15, 0.2) is 23.9 Å². The molecule has 1 atom stereocenters. The second kappa shape index (κ2) is 12.0. The highest BCUT2D eigenvalue weighted by Crippen LogP contribution is 2.42. The Kier molecular flexibility index (Phi) is 8.00. The van der Waals surface area contributed by atoms with Gasteiger partial charge >= 0.3 is 5.97 Å². The van der Waals surface area contributed by atoms with Gasteiger partial charge in [0, 0.05) is 35.2 Å². The molecule has 1 aliphatic rings. The zero-order valence-electron chi connectivity index (χ0n) is 23.1. The van der Waals surface area contributed by atoms with Gasteiger partial charge in [0.05, 0.1) is 26.9 Å². The van der Waals surface area contributed by atoms with Crippen LogP contribution in [0.25, 0.3) is 17.0 Å². The van der Waals surface area contributed by atoms with Crippen molar-refractivity contribution >= 4 is 34.6 Å². The first-order valence-electron chi connectivity index (χ1n) is 12.9. The number of carbonyl (C=O) groups excluding carboxylic acids is 2. The van der Waals surface area contributed by atoms with Crippen LogP contribution in [0.1, 0.15) is 21.5 Å². The molecule has 0 bridgehead atoms. The molecule has 0 spiro atoms. The van der Waals surface area contributed by atoms with E-state index in [1.54, 1.807) is 18.3 Å². The van der Waals surface area contributed by atoms with Crippen molar-refractivity contribution in [3.05, 3.63) is 83.2 Å². The van der Waals surface area contributed by atoms with Crippen LogP contribution in [0.3, 0.4) is 0 Å². The van der Waals surface area contributed by atoms with Crippen LogP contribution in [0.4, 0.5) is 0 Å². The van der Waals surface area contributed by atoms with Crippen LogP contribution in [0.5, 0.6) is 28.7 Å². The number of carboxylic acid groups (broad SMARTS) is 1. The van der Waals surface area contributed by atoms with Crippen molar-refractivity contribution in [2.75, 3.05) is 27.9 Å². The number of hydrogen-bond acceptors (Lipinski definition) is 8. The topological polar surface area (TPSA) is 145 Å². The predicted molar refractivity (Wildman–Crippen MR) is 153 cm³/mol. The maximum atomic E-state index is 13.0. The third kappa shape index (κ3) is 5.57. The molecule has 11 heteroatoms. The molecule has 0 radical (unpaired) electrons. The van der Waals surface area contributed by atoms with Gasteiger partial charge in [0.2, 0.25) is 11.5 Å². The number of aliphatic carboxylic acids is 1. The third-order valence-corrected chi connectivity index (χ3v) is 6.76. The smallest absolute Gasteiger partial charge is 0.326 e. The van der Waals surface area contributed by atoms with Crippen molar-refractivity contribution in [1.82, 2.24) is 10.3 Å². The summed E-state index contributed by atoms with van der Waals surface area (Å²) in [5.41, 5.74) is 2.51. The first kappa shape index (κ1) is 28.1. The van der Waals surface area contributed by atoms with Crippen molar-refractivity contribution < 1.29 is 43.2 Å². The number of carbonyl (C=O) groups is 3. The summed E-state index contributed by atoms with van der Waals surface area (Å²) in [4.78, 5) is 40.6. The summed E-state index contributed by atoms with van der Waals surface area (Å²) in [6.07, 6.45) is 3.37. The average molecular weight is 573 g/mol. The summed E-state index contributed by atoms with van der Waals surface area (Å²) >= 11 is 0. The number of aromatic nitrogens is 1. The van der Waals surface area contributed by atoms with Gasteiger partial charge in [-0.1, -0.05) is 18.2 Å². The third-order valence-electron chi connectivity index (χ3n) is 6.76. The first-order valence-corrected chi connectivity index (χ1v) is 12.9. The molecule has 0 saturated heterocycles. The van der Waals surface area contributed by atoms with E-state index in [1.165, 1.54) is 45.6 Å². The van der Waals surface area contributed by atoms with Crippen LogP contribution in [0.2, 0.25) is 0 Å². The highest BCUT2D eigenvalue weighted by Gasteiger charge is 2.29. The Morgan fingerprint density at radius 1 is 1.02 bits per heavy atom. The van der Waals surface area contributed by atoms with Crippen LogP contribution >= 0.6 is 0 Å². The van der Waals surface area contributed by atoms with Crippen molar-refractivity contribution in [3.8, 4) is 28.7 Å². The van der Waals surface area contributed by atoms with Crippen molar-refractivity contribution in [2.24, 2.45) is 0 Å². The van der Waals surface area contributed by atoms with Crippen molar-refractivity contribution in [3.63, 3.8) is 0 Å². The molecular formula is C31H28N2O9. The van der Waals surface area contributed by atoms with Crippen LogP contribution in [0.15, 0.2) is 66.6 Å². The van der Waals surface area contributed by atoms with Crippen LogP contribution in [-0.4, -0.2) is 61.7 Å². The molecule has 3 N–H and O–H groups in total. The molecule has 2 heterocycles. The second-order valence-electron chi connectivity index (χ2n) is 9.33. The number of aromatic amines is 1. The molecule has 1 amide bonds. The van der Waals surface area contributed by atoms with E-state index < -0.39 is 24.5 Å². The van der Waals surface area contributed by atoms with E-state index in [2.05, 4.69) is 10.3 Å². The van der Waals surface area contributed by atoms with Gasteiger partial charge in [-0.15, -0.1) is 0 Å². The Morgan fingerprint density at radius 2 is 1.81 bits per heavy atom. The number of methoxy groups -OCH3 is 3. The van der Waals surface area contributed by atoms with Crippen molar-refractivity contribution in [2.45, 2.75) is 12.5 Å². The second-order valence-corrected chi connectivity index (χ2v) is 9.33. The summed E-state index contributed by atoms with van der Waals surface area (Å²) in [5, 5.41) is 13.1. The number of benzene rings is 3. The maximum Gasteiger partial charge on any atom is 0.326 e. The monoisotopic (exact) mass is 572 g/mol. The van der Waals surface area contributed by atoms with Crippen molar-refractivity contribution in [1.29, 1.82) is 0 Å². The minimum atomic E-state index is -1.16. The fraction of sp³-hybridized carbons (Fsp3) is 0.194. The summed E-state index contributed by atoms with van der Waals surface area (Å²) in [6, 6.07) is 14.3. The number of nitrogens with one attached hydrogen (secondary N) is 2. The van der Waals surface area contributed by atoms with E-state index in [0.29, 0.717) is 28.4 Å². The molecule has 42 heavy (non-hydrogen) atoms. The molecule has 11 nitrogen and oxygen atoms in total. The summed E-state index contributed by atoms with van der Waals surface area (Å²) in [5.74, 6) is -0.313. The predicted octanol–water partition coefficient (Wildman–Crippen LogP) is 4.00. The molecule has 216 valence electrons. The molecule has 5 rings (SSSR count). The maximum absolute atomic E-state index is 13.0. The standard InChI is InChI=1S/C31H28N2O9/c1-38-24-11-8-17(29(39-2)30(24)40-3)13-26-28(35)21-10-9-19(14-25(21)42-26)41-16-27(34)33-23(31(36)37)12-18-15-32-22-7-5-4-6-20(18)22/h4-11,13-15,23,32H,12,16H2,1-3H3,(H,33,34)(H,36,37)/t23-/m1/s1. The SMILES string of the molecule is COc1ccc(C=C2Oc3cc(OCC(=O)N[C@H](Cc4c[nH]c5ccccc45)C(=O)O)ccc3C2=O)c(OC)c1OC. The van der Waals surface area contributed by atoms with Gasteiger partial charge in [0.25, 0.3) is 5.91 Å². The Morgan fingerprint density at radius 3 is 2.55 bits per heavy atom. The molecule has 3 aromatic carbocycles. The lowest BCUT2D eigenvalue weighted by atomic mass is 10.1. The van der Waals surface area contributed by atoms with E-state index in [9.17, 15) is 19.5 Å². The largest absolute Gasteiger partial charge is 0.493 e. The Hall–Kier alpha value is -5.45. The highest BCUT2D eigenvalue weighted by molar-refractivity contribution is 6.14. The Bertz CT molecular complexity index is 1710. The fourth-order valence-corrected chi connectivity index (χ4v) is 4.74. The van der Waals surface area contributed by atoms with Crippen LogP contribution < -0.4 is 29.0 Å². The van der Waals surface area contributed by atoms with Crippen LogP contribution in [0, 0.1) is 0 Å². The number of Topliss-reactive ketones (excluding diaryl/α,β-unsaturated/α-hetero) is 1. The average Bonchev–Trinajstić information content (AvgIpc) is 3.55. The number of carboxylic acids is 1. The number of fused-ring (bicyclic) bond motifs is 2. The molecule has 0 fully saturated rings. The number of H-pyrrole nitrogens is 1. The molecule has 0 unspecified atom stereocenters. The molecule has 0 saturated carbocycles. The number of allylic oxidation sites excluding steroid dienone is 1. The lowest BCUT2D eigenvalue weighted by molar-refractivity contribution is -0.142. The van der Waals surface area contributed by atoms with Gasteiger partial charge in [-0.25, -0.2) is 4.79 Å². The number of hydrogen-bond donors (Lipinski definition) is 3. The molecule has 4 aromatic rings. The molecule has 0 aliphatic carbocycles. The first-order chi connectivity index (χ1) is 20.3. The van der Waals surface area contributed by atoms with Gasteiger partial charge < -0.3 is 39.1 Å². The molecular weight excluding hydrogens is 544 g/mol. The van der Waals surface area contributed by atoms with Gasteiger partial charge in [-0.2, -0.15) is 0 Å². The van der Waals surface area contributed by atoms with Gasteiger partial charge in [-0.05, 0) is 42.0 Å². The number of ether oxygens (including phenoxy) is 5. The van der Waals surface area contributed by atoms with Gasteiger partial charge in [-0.3, -0.25) is 9.59 Å².